The summed E-state index contributed by atoms with van der Waals surface area (Å²) in [6.07, 6.45) is 3.75. The molecule has 0 amide bonds. The molecule has 3 nitrogen and oxygen atoms in total. The predicted octanol–water partition coefficient (Wildman–Crippen LogP) is 1.82. The van der Waals surface area contributed by atoms with Gasteiger partial charge in [0.15, 0.2) is 5.13 Å². The molecule has 2 rings (SSSR count). The van der Waals surface area contributed by atoms with Gasteiger partial charge in [-0.3, -0.25) is 0 Å². The molecule has 0 saturated carbocycles. The van der Waals surface area contributed by atoms with Crippen LogP contribution in [0.25, 0.3) is 0 Å². The van der Waals surface area contributed by atoms with Crippen LogP contribution in [0.5, 0.6) is 0 Å². The van der Waals surface area contributed by atoms with Gasteiger partial charge in [0, 0.05) is 24.4 Å². The Bertz CT molecular complexity index is 308. The average molecular weight is 211 g/mol. The molecule has 0 aromatic carbocycles. The van der Waals surface area contributed by atoms with Crippen molar-refractivity contribution in [2.24, 2.45) is 0 Å². The lowest BCUT2D eigenvalue weighted by Crippen LogP contribution is -2.20. The van der Waals surface area contributed by atoms with E-state index in [9.17, 15) is 0 Å². The van der Waals surface area contributed by atoms with Crippen LogP contribution in [0, 0.1) is 0 Å². The summed E-state index contributed by atoms with van der Waals surface area (Å²) >= 11 is 1.82. The van der Waals surface area contributed by atoms with Crippen LogP contribution in [0.3, 0.4) is 0 Å². The van der Waals surface area contributed by atoms with Crippen LogP contribution in [0.2, 0.25) is 0 Å². The molecule has 14 heavy (non-hydrogen) atoms. The van der Waals surface area contributed by atoms with Gasteiger partial charge in [0.2, 0.25) is 0 Å². The quantitative estimate of drug-likeness (QED) is 0.801. The molecule has 1 aliphatic carbocycles. The highest BCUT2D eigenvalue weighted by atomic mass is 32.1. The molecule has 0 saturated heterocycles. The van der Waals surface area contributed by atoms with Gasteiger partial charge in [-0.1, -0.05) is 0 Å². The van der Waals surface area contributed by atoms with E-state index >= 15 is 0 Å². The second-order valence-electron chi connectivity index (χ2n) is 3.73. The summed E-state index contributed by atoms with van der Waals surface area (Å²) in [5.74, 6) is 0.684. The lowest BCUT2D eigenvalue weighted by Gasteiger charge is -2.20. The van der Waals surface area contributed by atoms with Crippen molar-refractivity contribution in [3.8, 4) is 0 Å². The zero-order chi connectivity index (χ0) is 9.97. The van der Waals surface area contributed by atoms with Crippen molar-refractivity contribution in [1.29, 1.82) is 0 Å². The zero-order valence-corrected chi connectivity index (χ0v) is 9.58. The van der Waals surface area contributed by atoms with Crippen molar-refractivity contribution in [2.75, 3.05) is 26.0 Å². The van der Waals surface area contributed by atoms with Crippen molar-refractivity contribution in [1.82, 2.24) is 10.3 Å². The van der Waals surface area contributed by atoms with Gasteiger partial charge in [0.25, 0.3) is 0 Å². The van der Waals surface area contributed by atoms with Gasteiger partial charge >= 0.3 is 0 Å². The molecule has 1 aliphatic rings. The van der Waals surface area contributed by atoms with Crippen molar-refractivity contribution < 1.29 is 0 Å². The number of thiazole rings is 1. The van der Waals surface area contributed by atoms with E-state index in [1.165, 1.54) is 23.4 Å². The number of fused-ring (bicyclic) bond motifs is 1. The lowest BCUT2D eigenvalue weighted by atomic mass is 9.92. The monoisotopic (exact) mass is 211 g/mol. The molecule has 1 atom stereocenters. The molecule has 1 aromatic rings. The highest BCUT2D eigenvalue weighted by Crippen LogP contribution is 2.36. The number of rotatable bonds is 3. The Morgan fingerprint density at radius 3 is 3.07 bits per heavy atom. The van der Waals surface area contributed by atoms with Crippen molar-refractivity contribution in [3.63, 3.8) is 0 Å². The summed E-state index contributed by atoms with van der Waals surface area (Å²) in [6.45, 7) is 1.08. The Kier molecular flexibility index (Phi) is 3.03. The summed E-state index contributed by atoms with van der Waals surface area (Å²) in [6, 6.07) is 0. The molecule has 0 bridgehead atoms. The fourth-order valence-electron chi connectivity index (χ4n) is 2.06. The minimum atomic E-state index is 0.684. The van der Waals surface area contributed by atoms with Crippen LogP contribution in [-0.2, 0) is 6.42 Å². The number of aromatic nitrogens is 1. The van der Waals surface area contributed by atoms with Gasteiger partial charge in [-0.15, -0.1) is 11.3 Å². The number of anilines is 1. The fraction of sp³-hybridized carbons (Fsp3) is 0.700. The van der Waals surface area contributed by atoms with E-state index in [-0.39, 0.29) is 0 Å². The lowest BCUT2D eigenvalue weighted by molar-refractivity contribution is 0.532. The van der Waals surface area contributed by atoms with E-state index in [2.05, 4.69) is 15.6 Å². The first-order valence-corrected chi connectivity index (χ1v) is 5.98. The van der Waals surface area contributed by atoms with E-state index in [0.717, 1.165) is 18.1 Å². The third-order valence-corrected chi connectivity index (χ3v) is 4.01. The smallest absolute Gasteiger partial charge is 0.182 e. The summed E-state index contributed by atoms with van der Waals surface area (Å²) < 4.78 is 0. The Morgan fingerprint density at radius 2 is 2.36 bits per heavy atom. The molecular weight excluding hydrogens is 194 g/mol. The Balaban J connectivity index is 2.24. The second kappa shape index (κ2) is 4.28. The van der Waals surface area contributed by atoms with Gasteiger partial charge in [0.1, 0.15) is 0 Å². The molecule has 0 radical (unpaired) electrons. The third-order valence-electron chi connectivity index (χ3n) is 2.73. The highest BCUT2D eigenvalue weighted by molar-refractivity contribution is 7.15. The zero-order valence-electron chi connectivity index (χ0n) is 8.76. The molecule has 0 fully saturated rings. The topological polar surface area (TPSA) is 37.0 Å². The maximum atomic E-state index is 4.58. The molecule has 78 valence electrons. The van der Waals surface area contributed by atoms with Crippen LogP contribution < -0.4 is 10.6 Å². The van der Waals surface area contributed by atoms with Crippen LogP contribution in [0.4, 0.5) is 5.13 Å². The average Bonchev–Trinajstić information content (AvgIpc) is 2.62. The first kappa shape index (κ1) is 9.93. The Morgan fingerprint density at radius 1 is 1.50 bits per heavy atom. The molecular formula is C10H17N3S. The van der Waals surface area contributed by atoms with Crippen LogP contribution >= 0.6 is 11.3 Å². The summed E-state index contributed by atoms with van der Waals surface area (Å²) in [4.78, 5) is 6.08. The van der Waals surface area contributed by atoms with Crippen molar-refractivity contribution in [3.05, 3.63) is 10.6 Å². The minimum Gasteiger partial charge on any atom is -0.365 e. The second-order valence-corrected chi connectivity index (χ2v) is 4.76. The first-order chi connectivity index (χ1) is 6.85. The van der Waals surface area contributed by atoms with Crippen molar-refractivity contribution in [2.45, 2.75) is 25.2 Å². The van der Waals surface area contributed by atoms with Gasteiger partial charge in [-0.2, -0.15) is 0 Å². The number of nitrogens with one attached hydrogen (secondary N) is 2. The number of likely N-dealkylation sites (N-methyl/N-ethyl adjacent to an activating group) is 1. The predicted molar refractivity (Wildman–Crippen MR) is 61.3 cm³/mol. The van der Waals surface area contributed by atoms with Gasteiger partial charge in [-0.05, 0) is 26.3 Å². The number of hydrogen-bond acceptors (Lipinski definition) is 4. The van der Waals surface area contributed by atoms with Gasteiger partial charge in [-0.25, -0.2) is 4.98 Å². The third kappa shape index (κ3) is 1.77. The minimum absolute atomic E-state index is 0.684. The molecule has 2 N–H and O–H groups in total. The highest BCUT2D eigenvalue weighted by Gasteiger charge is 2.23. The Hall–Kier alpha value is -0.610. The van der Waals surface area contributed by atoms with Crippen LogP contribution in [-0.4, -0.2) is 25.6 Å². The standard InChI is InChI=1S/C10H17N3S/c1-11-6-7-4-3-5-8-9(7)14-10(12-2)13-8/h7,11H,3-6H2,1-2H3,(H,12,13). The summed E-state index contributed by atoms with van der Waals surface area (Å²) in [7, 11) is 3.96. The van der Waals surface area contributed by atoms with Gasteiger partial charge in [0.05, 0.1) is 5.69 Å². The van der Waals surface area contributed by atoms with Crippen molar-refractivity contribution >= 4 is 16.5 Å². The van der Waals surface area contributed by atoms with Crippen LogP contribution in [0.15, 0.2) is 0 Å². The van der Waals surface area contributed by atoms with Crippen LogP contribution in [0.1, 0.15) is 29.3 Å². The van der Waals surface area contributed by atoms with E-state index < -0.39 is 0 Å². The fourth-order valence-corrected chi connectivity index (χ4v) is 3.16. The molecule has 4 heteroatoms. The first-order valence-electron chi connectivity index (χ1n) is 5.17. The summed E-state index contributed by atoms with van der Waals surface area (Å²) in [5.41, 5.74) is 1.32. The SMILES string of the molecule is CNCC1CCCc2nc(NC)sc21. The molecule has 1 heterocycles. The molecule has 1 aromatic heterocycles. The Labute approximate surface area is 88.9 Å². The van der Waals surface area contributed by atoms with Gasteiger partial charge < -0.3 is 10.6 Å². The largest absolute Gasteiger partial charge is 0.365 e. The maximum absolute atomic E-state index is 4.58. The van der Waals surface area contributed by atoms with E-state index in [1.54, 1.807) is 0 Å². The normalized spacial score (nSPS) is 20.6. The molecule has 0 aliphatic heterocycles. The van der Waals surface area contributed by atoms with E-state index in [4.69, 9.17) is 0 Å². The number of nitrogens with zero attached hydrogens (tertiary/aromatic N) is 1. The summed E-state index contributed by atoms with van der Waals surface area (Å²) in [5, 5.41) is 7.47. The maximum Gasteiger partial charge on any atom is 0.182 e. The number of aryl methyl sites for hydroxylation is 1. The molecule has 1 unspecified atom stereocenters. The number of hydrogen-bond donors (Lipinski definition) is 2. The molecule has 0 spiro atoms. The van der Waals surface area contributed by atoms with E-state index in [0.29, 0.717) is 5.92 Å². The van der Waals surface area contributed by atoms with E-state index in [1.807, 2.05) is 25.4 Å².